The zero-order valence-electron chi connectivity index (χ0n) is 13.5. The van der Waals surface area contributed by atoms with Crippen LogP contribution >= 0.6 is 0 Å². The zero-order valence-corrected chi connectivity index (χ0v) is 13.5. The maximum atomic E-state index is 12.1. The summed E-state index contributed by atoms with van der Waals surface area (Å²) < 4.78 is 5.16. The molecule has 25 heavy (non-hydrogen) atoms. The molecule has 0 bridgehead atoms. The Bertz CT molecular complexity index is 958. The highest BCUT2D eigenvalue weighted by Crippen LogP contribution is 2.31. The largest absolute Gasteiger partial charge is 0.497 e. The second-order valence-electron chi connectivity index (χ2n) is 5.60. The van der Waals surface area contributed by atoms with Gasteiger partial charge >= 0.3 is 0 Å². The van der Waals surface area contributed by atoms with Crippen molar-refractivity contribution in [2.45, 2.75) is 0 Å². The van der Waals surface area contributed by atoms with E-state index in [0.717, 1.165) is 28.3 Å². The molecule has 0 saturated carbocycles. The SMILES string of the molecule is COc1ccc(-c2cc(NC=C3C(=O)Nc4ccccc43)[nH]n2)cc1. The second kappa shape index (κ2) is 6.16. The van der Waals surface area contributed by atoms with Crippen LogP contribution in [-0.2, 0) is 4.79 Å². The molecule has 124 valence electrons. The van der Waals surface area contributed by atoms with Gasteiger partial charge in [0.15, 0.2) is 0 Å². The van der Waals surface area contributed by atoms with Crippen molar-refractivity contribution in [3.05, 3.63) is 66.4 Å². The molecule has 3 aromatic rings. The summed E-state index contributed by atoms with van der Waals surface area (Å²) in [6, 6.07) is 17.1. The average molecular weight is 332 g/mol. The number of para-hydroxylation sites is 1. The van der Waals surface area contributed by atoms with Crippen LogP contribution in [0.1, 0.15) is 5.56 Å². The van der Waals surface area contributed by atoms with Gasteiger partial charge in [-0.2, -0.15) is 5.10 Å². The Balaban J connectivity index is 1.54. The first-order valence-corrected chi connectivity index (χ1v) is 7.82. The average Bonchev–Trinajstić information content (AvgIpc) is 3.24. The summed E-state index contributed by atoms with van der Waals surface area (Å²) >= 11 is 0. The number of carbonyl (C=O) groups excluding carboxylic acids is 1. The highest BCUT2D eigenvalue weighted by Gasteiger charge is 2.23. The molecule has 4 rings (SSSR count). The number of rotatable bonds is 4. The van der Waals surface area contributed by atoms with Crippen molar-refractivity contribution in [3.8, 4) is 17.0 Å². The van der Waals surface area contributed by atoms with Gasteiger partial charge in [-0.3, -0.25) is 9.89 Å². The quantitative estimate of drug-likeness (QED) is 0.639. The molecule has 1 aliphatic rings. The Hall–Kier alpha value is -3.54. The first-order valence-electron chi connectivity index (χ1n) is 7.82. The maximum Gasteiger partial charge on any atom is 0.257 e. The number of hydrogen-bond acceptors (Lipinski definition) is 4. The number of amides is 1. The fourth-order valence-corrected chi connectivity index (χ4v) is 2.74. The monoisotopic (exact) mass is 332 g/mol. The Morgan fingerprint density at radius 2 is 1.92 bits per heavy atom. The van der Waals surface area contributed by atoms with Gasteiger partial charge in [0.05, 0.1) is 18.4 Å². The van der Waals surface area contributed by atoms with Crippen LogP contribution in [0.4, 0.5) is 11.5 Å². The number of nitrogens with one attached hydrogen (secondary N) is 3. The number of carbonyl (C=O) groups is 1. The third-order valence-corrected chi connectivity index (χ3v) is 4.05. The number of aromatic nitrogens is 2. The van der Waals surface area contributed by atoms with E-state index in [9.17, 15) is 4.79 Å². The van der Waals surface area contributed by atoms with Crippen molar-refractivity contribution in [2.75, 3.05) is 17.7 Å². The van der Waals surface area contributed by atoms with Gasteiger partial charge in [-0.15, -0.1) is 0 Å². The van der Waals surface area contributed by atoms with E-state index in [-0.39, 0.29) is 5.91 Å². The highest BCUT2D eigenvalue weighted by molar-refractivity contribution is 6.31. The Morgan fingerprint density at radius 3 is 2.72 bits per heavy atom. The van der Waals surface area contributed by atoms with Crippen LogP contribution in [0.2, 0.25) is 0 Å². The summed E-state index contributed by atoms with van der Waals surface area (Å²) in [6.45, 7) is 0. The number of ether oxygens (including phenoxy) is 1. The molecule has 0 aliphatic carbocycles. The number of hydrogen-bond donors (Lipinski definition) is 3. The van der Waals surface area contributed by atoms with E-state index in [0.29, 0.717) is 11.4 Å². The van der Waals surface area contributed by atoms with Crippen LogP contribution in [0, 0.1) is 0 Å². The molecule has 0 unspecified atom stereocenters. The number of methoxy groups -OCH3 is 1. The van der Waals surface area contributed by atoms with E-state index >= 15 is 0 Å². The first kappa shape index (κ1) is 15.0. The summed E-state index contributed by atoms with van der Waals surface area (Å²) in [5.74, 6) is 1.38. The number of anilines is 2. The zero-order chi connectivity index (χ0) is 17.2. The lowest BCUT2D eigenvalue weighted by atomic mass is 10.1. The summed E-state index contributed by atoms with van der Waals surface area (Å²) in [5.41, 5.74) is 4.08. The molecule has 3 N–H and O–H groups in total. The molecule has 0 atom stereocenters. The standard InChI is InChI=1S/C19H16N4O2/c1-25-13-8-6-12(7-9-13)17-10-18(23-22-17)20-11-15-14-4-2-3-5-16(14)21-19(15)24/h2-11H,1H3,(H,21,24)(H2,20,22,23). The number of aromatic amines is 1. The van der Waals surface area contributed by atoms with E-state index in [1.807, 2.05) is 54.6 Å². The maximum absolute atomic E-state index is 12.1. The van der Waals surface area contributed by atoms with Crippen molar-refractivity contribution in [3.63, 3.8) is 0 Å². The molecule has 0 radical (unpaired) electrons. The number of fused-ring (bicyclic) bond motifs is 1. The Kier molecular flexibility index (Phi) is 3.70. The lowest BCUT2D eigenvalue weighted by Gasteiger charge is -2.00. The van der Waals surface area contributed by atoms with Gasteiger partial charge in [-0.25, -0.2) is 0 Å². The van der Waals surface area contributed by atoms with Gasteiger partial charge in [0.1, 0.15) is 11.6 Å². The van der Waals surface area contributed by atoms with Crippen LogP contribution in [-0.4, -0.2) is 23.2 Å². The van der Waals surface area contributed by atoms with Gasteiger partial charge in [-0.05, 0) is 30.3 Å². The van der Waals surface area contributed by atoms with E-state index in [1.165, 1.54) is 0 Å². The molecular weight excluding hydrogens is 316 g/mol. The van der Waals surface area contributed by atoms with Crippen molar-refractivity contribution < 1.29 is 9.53 Å². The molecule has 1 aliphatic heterocycles. The van der Waals surface area contributed by atoms with E-state index in [2.05, 4.69) is 20.8 Å². The number of nitrogens with zero attached hydrogens (tertiary/aromatic N) is 1. The predicted molar refractivity (Wildman–Crippen MR) is 97.2 cm³/mol. The van der Waals surface area contributed by atoms with E-state index < -0.39 is 0 Å². The van der Waals surface area contributed by atoms with Gasteiger partial charge in [0, 0.05) is 29.1 Å². The second-order valence-corrected chi connectivity index (χ2v) is 5.60. The van der Waals surface area contributed by atoms with E-state index in [1.54, 1.807) is 13.3 Å². The molecule has 0 saturated heterocycles. The molecule has 1 amide bonds. The lowest BCUT2D eigenvalue weighted by Crippen LogP contribution is -2.05. The summed E-state index contributed by atoms with van der Waals surface area (Å²) in [7, 11) is 1.64. The molecule has 2 aromatic carbocycles. The summed E-state index contributed by atoms with van der Waals surface area (Å²) in [4.78, 5) is 12.1. The minimum Gasteiger partial charge on any atom is -0.497 e. The van der Waals surface area contributed by atoms with Crippen molar-refractivity contribution in [2.24, 2.45) is 0 Å². The Labute approximate surface area is 144 Å². The van der Waals surface area contributed by atoms with Crippen LogP contribution in [0.3, 0.4) is 0 Å². The van der Waals surface area contributed by atoms with Gasteiger partial charge in [0.2, 0.25) is 0 Å². The van der Waals surface area contributed by atoms with Gasteiger partial charge in [0.25, 0.3) is 5.91 Å². The summed E-state index contributed by atoms with van der Waals surface area (Å²) in [6.07, 6.45) is 1.69. The van der Waals surface area contributed by atoms with E-state index in [4.69, 9.17) is 4.74 Å². The normalized spacial score (nSPS) is 14.3. The molecule has 0 fully saturated rings. The van der Waals surface area contributed by atoms with Crippen LogP contribution < -0.4 is 15.4 Å². The number of benzene rings is 2. The van der Waals surface area contributed by atoms with Crippen LogP contribution in [0.25, 0.3) is 16.8 Å². The Morgan fingerprint density at radius 1 is 1.12 bits per heavy atom. The molecule has 6 heteroatoms. The molecule has 0 spiro atoms. The van der Waals surface area contributed by atoms with Crippen molar-refractivity contribution in [1.82, 2.24) is 10.2 Å². The topological polar surface area (TPSA) is 79.0 Å². The smallest absolute Gasteiger partial charge is 0.257 e. The molecular formula is C19H16N4O2. The van der Waals surface area contributed by atoms with Crippen molar-refractivity contribution in [1.29, 1.82) is 0 Å². The minimum atomic E-state index is -0.122. The summed E-state index contributed by atoms with van der Waals surface area (Å²) in [5, 5.41) is 13.2. The fourth-order valence-electron chi connectivity index (χ4n) is 2.74. The first-order chi connectivity index (χ1) is 12.2. The molecule has 2 heterocycles. The third kappa shape index (κ3) is 2.85. The van der Waals surface area contributed by atoms with Gasteiger partial charge in [-0.1, -0.05) is 18.2 Å². The van der Waals surface area contributed by atoms with Crippen molar-refractivity contribution >= 4 is 23.0 Å². The van der Waals surface area contributed by atoms with Crippen LogP contribution in [0.15, 0.2) is 60.8 Å². The lowest BCUT2D eigenvalue weighted by molar-refractivity contribution is -0.110. The minimum absolute atomic E-state index is 0.122. The third-order valence-electron chi connectivity index (χ3n) is 4.05. The predicted octanol–water partition coefficient (Wildman–Crippen LogP) is 3.49. The highest BCUT2D eigenvalue weighted by atomic mass is 16.5. The van der Waals surface area contributed by atoms with Crippen LogP contribution in [0.5, 0.6) is 5.75 Å². The molecule has 6 nitrogen and oxygen atoms in total. The molecule has 1 aromatic heterocycles. The number of H-pyrrole nitrogens is 1. The fraction of sp³-hybridized carbons (Fsp3) is 0.0526. The van der Waals surface area contributed by atoms with Gasteiger partial charge < -0.3 is 15.4 Å².